The first-order valence-electron chi connectivity index (χ1n) is 5.71. The zero-order chi connectivity index (χ0) is 11.7. The first-order valence-corrected chi connectivity index (χ1v) is 5.71. The molecule has 0 aliphatic heterocycles. The van der Waals surface area contributed by atoms with Gasteiger partial charge in [-0.25, -0.2) is 0 Å². The van der Waals surface area contributed by atoms with E-state index in [-0.39, 0.29) is 12.0 Å². The summed E-state index contributed by atoms with van der Waals surface area (Å²) in [5.41, 5.74) is 0. The molecule has 15 heavy (non-hydrogen) atoms. The Bertz CT molecular complexity index is 174. The molecule has 0 aliphatic carbocycles. The Morgan fingerprint density at radius 1 is 1.33 bits per heavy atom. The lowest BCUT2D eigenvalue weighted by Crippen LogP contribution is -2.40. The van der Waals surface area contributed by atoms with E-state index in [1.165, 1.54) is 0 Å². The van der Waals surface area contributed by atoms with Gasteiger partial charge in [0.15, 0.2) is 0 Å². The highest BCUT2D eigenvalue weighted by Gasteiger charge is 2.05. The number of carbonyl (C=O) groups excluding carboxylic acids is 1. The van der Waals surface area contributed by atoms with Gasteiger partial charge in [0.05, 0.1) is 12.6 Å². The Labute approximate surface area is 92.8 Å². The standard InChI is InChI=1S/C11H24N2O2/c1-5-9(3)12-8-11(14)13-7-10(4)15-6-2/h9-10,12H,5-8H2,1-4H3,(H,13,14). The Hall–Kier alpha value is -0.610. The molecular weight excluding hydrogens is 192 g/mol. The molecule has 0 heterocycles. The molecular formula is C11H24N2O2. The molecule has 0 aromatic carbocycles. The van der Waals surface area contributed by atoms with Gasteiger partial charge in [-0.15, -0.1) is 0 Å². The van der Waals surface area contributed by atoms with Crippen LogP contribution in [0.2, 0.25) is 0 Å². The highest BCUT2D eigenvalue weighted by molar-refractivity contribution is 5.78. The molecule has 0 rings (SSSR count). The van der Waals surface area contributed by atoms with Crippen LogP contribution in [-0.2, 0) is 9.53 Å². The summed E-state index contributed by atoms with van der Waals surface area (Å²) in [6.07, 6.45) is 1.12. The smallest absolute Gasteiger partial charge is 0.234 e. The number of hydrogen-bond donors (Lipinski definition) is 2. The fraction of sp³-hybridized carbons (Fsp3) is 0.909. The number of carbonyl (C=O) groups is 1. The van der Waals surface area contributed by atoms with E-state index < -0.39 is 0 Å². The van der Waals surface area contributed by atoms with Crippen molar-refractivity contribution < 1.29 is 9.53 Å². The molecule has 0 bridgehead atoms. The zero-order valence-corrected chi connectivity index (χ0v) is 10.3. The van der Waals surface area contributed by atoms with Gasteiger partial charge in [0, 0.05) is 19.2 Å². The SMILES string of the molecule is CCOC(C)CNC(=O)CNC(C)CC. The van der Waals surface area contributed by atoms with Gasteiger partial charge in [-0.3, -0.25) is 4.79 Å². The van der Waals surface area contributed by atoms with Crippen molar-refractivity contribution >= 4 is 5.91 Å². The lowest BCUT2D eigenvalue weighted by Gasteiger charge is -2.14. The molecule has 0 saturated carbocycles. The maximum absolute atomic E-state index is 11.3. The van der Waals surface area contributed by atoms with E-state index in [0.717, 1.165) is 6.42 Å². The average Bonchev–Trinajstić information content (AvgIpc) is 2.23. The van der Waals surface area contributed by atoms with Gasteiger partial charge in [0.25, 0.3) is 0 Å². The van der Waals surface area contributed by atoms with Crippen molar-refractivity contribution in [2.24, 2.45) is 0 Å². The van der Waals surface area contributed by atoms with Gasteiger partial charge in [0.1, 0.15) is 0 Å². The largest absolute Gasteiger partial charge is 0.377 e. The third kappa shape index (κ3) is 8.39. The monoisotopic (exact) mass is 216 g/mol. The molecule has 2 unspecified atom stereocenters. The Morgan fingerprint density at radius 2 is 2.00 bits per heavy atom. The summed E-state index contributed by atoms with van der Waals surface area (Å²) in [6, 6.07) is 0.389. The lowest BCUT2D eigenvalue weighted by atomic mass is 10.2. The Morgan fingerprint density at radius 3 is 2.53 bits per heavy atom. The van der Waals surface area contributed by atoms with E-state index in [4.69, 9.17) is 4.74 Å². The number of ether oxygens (including phenoxy) is 1. The van der Waals surface area contributed by atoms with Crippen LogP contribution >= 0.6 is 0 Å². The van der Waals surface area contributed by atoms with E-state index in [0.29, 0.717) is 25.7 Å². The normalized spacial score (nSPS) is 14.7. The van der Waals surface area contributed by atoms with E-state index in [1.807, 2.05) is 13.8 Å². The first kappa shape index (κ1) is 14.4. The molecule has 0 aromatic rings. The Balaban J connectivity index is 3.48. The van der Waals surface area contributed by atoms with Crippen molar-refractivity contribution in [2.75, 3.05) is 19.7 Å². The molecule has 2 atom stereocenters. The molecule has 0 radical (unpaired) electrons. The molecule has 0 fully saturated rings. The van der Waals surface area contributed by atoms with Crippen molar-refractivity contribution in [1.82, 2.24) is 10.6 Å². The van der Waals surface area contributed by atoms with Gasteiger partial charge in [-0.2, -0.15) is 0 Å². The van der Waals surface area contributed by atoms with E-state index >= 15 is 0 Å². The predicted molar refractivity (Wildman–Crippen MR) is 61.9 cm³/mol. The van der Waals surface area contributed by atoms with Crippen molar-refractivity contribution in [2.45, 2.75) is 46.3 Å². The summed E-state index contributed by atoms with van der Waals surface area (Å²) in [6.45, 7) is 9.70. The van der Waals surface area contributed by atoms with Crippen molar-refractivity contribution in [3.05, 3.63) is 0 Å². The highest BCUT2D eigenvalue weighted by atomic mass is 16.5. The van der Waals surface area contributed by atoms with Crippen LogP contribution < -0.4 is 10.6 Å². The van der Waals surface area contributed by atoms with Crippen LogP contribution in [0.1, 0.15) is 34.1 Å². The fourth-order valence-electron chi connectivity index (χ4n) is 1.07. The molecule has 90 valence electrons. The van der Waals surface area contributed by atoms with E-state index in [1.54, 1.807) is 0 Å². The van der Waals surface area contributed by atoms with Crippen molar-refractivity contribution in [3.63, 3.8) is 0 Å². The summed E-state index contributed by atoms with van der Waals surface area (Å²) in [5.74, 6) is 0.0295. The molecule has 1 amide bonds. The number of amides is 1. The van der Waals surface area contributed by atoms with Crippen LogP contribution in [0.5, 0.6) is 0 Å². The number of hydrogen-bond acceptors (Lipinski definition) is 3. The van der Waals surface area contributed by atoms with Gasteiger partial charge in [-0.1, -0.05) is 6.92 Å². The van der Waals surface area contributed by atoms with Crippen molar-refractivity contribution in [3.8, 4) is 0 Å². The molecule has 0 aromatic heterocycles. The third-order valence-electron chi connectivity index (χ3n) is 2.26. The predicted octanol–water partition coefficient (Wildman–Crippen LogP) is 0.916. The van der Waals surface area contributed by atoms with Gasteiger partial charge in [-0.05, 0) is 27.2 Å². The van der Waals surface area contributed by atoms with Gasteiger partial charge < -0.3 is 15.4 Å². The van der Waals surface area contributed by atoms with Gasteiger partial charge >= 0.3 is 0 Å². The molecule has 4 nitrogen and oxygen atoms in total. The second-order valence-corrected chi connectivity index (χ2v) is 3.76. The average molecular weight is 216 g/mol. The third-order valence-corrected chi connectivity index (χ3v) is 2.26. The maximum atomic E-state index is 11.3. The van der Waals surface area contributed by atoms with Crippen LogP contribution in [0.4, 0.5) is 0 Å². The van der Waals surface area contributed by atoms with Crippen LogP contribution in [0, 0.1) is 0 Å². The minimum absolute atomic E-state index is 0.0295. The summed E-state index contributed by atoms with van der Waals surface area (Å²) >= 11 is 0. The molecule has 0 aliphatic rings. The summed E-state index contributed by atoms with van der Waals surface area (Å²) in [7, 11) is 0. The summed E-state index contributed by atoms with van der Waals surface area (Å²) in [4.78, 5) is 11.3. The minimum atomic E-state index is 0.0295. The van der Waals surface area contributed by atoms with Gasteiger partial charge in [0.2, 0.25) is 5.91 Å². The minimum Gasteiger partial charge on any atom is -0.377 e. The van der Waals surface area contributed by atoms with Crippen LogP contribution in [-0.4, -0.2) is 37.7 Å². The first-order chi connectivity index (χ1) is 7.10. The number of nitrogens with one attached hydrogen (secondary N) is 2. The lowest BCUT2D eigenvalue weighted by molar-refractivity contribution is -0.120. The maximum Gasteiger partial charge on any atom is 0.234 e. The van der Waals surface area contributed by atoms with E-state index in [9.17, 15) is 4.79 Å². The molecule has 0 saturated heterocycles. The quantitative estimate of drug-likeness (QED) is 0.634. The van der Waals surface area contributed by atoms with Crippen LogP contribution in [0.25, 0.3) is 0 Å². The van der Waals surface area contributed by atoms with E-state index in [2.05, 4.69) is 24.5 Å². The topological polar surface area (TPSA) is 50.4 Å². The Kier molecular flexibility index (Phi) is 8.33. The van der Waals surface area contributed by atoms with Crippen LogP contribution in [0.15, 0.2) is 0 Å². The zero-order valence-electron chi connectivity index (χ0n) is 10.3. The fourth-order valence-corrected chi connectivity index (χ4v) is 1.07. The van der Waals surface area contributed by atoms with Crippen LogP contribution in [0.3, 0.4) is 0 Å². The summed E-state index contributed by atoms with van der Waals surface area (Å²) < 4.78 is 5.30. The van der Waals surface area contributed by atoms with Crippen molar-refractivity contribution in [1.29, 1.82) is 0 Å². The molecule has 0 spiro atoms. The second kappa shape index (κ2) is 8.68. The number of rotatable bonds is 8. The second-order valence-electron chi connectivity index (χ2n) is 3.76. The molecule has 2 N–H and O–H groups in total. The molecule has 4 heteroatoms. The highest BCUT2D eigenvalue weighted by Crippen LogP contribution is 1.88. The summed E-state index contributed by atoms with van der Waals surface area (Å²) in [5, 5.41) is 5.96.